The van der Waals surface area contributed by atoms with E-state index in [1.54, 1.807) is 0 Å². The van der Waals surface area contributed by atoms with E-state index in [1.165, 1.54) is 5.56 Å². The second kappa shape index (κ2) is 5.85. The summed E-state index contributed by atoms with van der Waals surface area (Å²) in [6.07, 6.45) is 4.10. The maximum Gasteiger partial charge on any atom is 0.0534 e. The molecule has 2 heterocycles. The minimum Gasteiger partial charge on any atom is -0.326 e. The molecule has 0 saturated carbocycles. The van der Waals surface area contributed by atoms with Crippen molar-refractivity contribution in [3.63, 3.8) is 0 Å². The van der Waals surface area contributed by atoms with E-state index in [-0.39, 0.29) is 12.4 Å². The van der Waals surface area contributed by atoms with Gasteiger partial charge in [-0.15, -0.1) is 12.4 Å². The van der Waals surface area contributed by atoms with Gasteiger partial charge in [-0.25, -0.2) is 0 Å². The maximum atomic E-state index is 6.01. The van der Waals surface area contributed by atoms with Crippen molar-refractivity contribution in [1.82, 2.24) is 14.7 Å². The topological polar surface area (TPSA) is 47.1 Å². The minimum atomic E-state index is 0. The van der Waals surface area contributed by atoms with Crippen LogP contribution in [-0.2, 0) is 6.54 Å². The fourth-order valence-electron chi connectivity index (χ4n) is 2.22. The Hall–Kier alpha value is -0.580. The van der Waals surface area contributed by atoms with E-state index < -0.39 is 0 Å². The van der Waals surface area contributed by atoms with Gasteiger partial charge in [0, 0.05) is 43.5 Å². The zero-order valence-electron chi connectivity index (χ0n) is 10.8. The standard InChI is InChI=1S/C12H22N4.ClH/c1-9(2)16-7-11(4-14-16)6-15-5-10(3)12(13)8-15;/h4,7,9-10,12H,5-6,8,13H2,1-3H3;1H. The first-order valence-electron chi connectivity index (χ1n) is 6.07. The second-order valence-electron chi connectivity index (χ2n) is 5.26. The van der Waals surface area contributed by atoms with Gasteiger partial charge >= 0.3 is 0 Å². The Morgan fingerprint density at radius 2 is 2.18 bits per heavy atom. The van der Waals surface area contributed by atoms with Gasteiger partial charge in [0.2, 0.25) is 0 Å². The van der Waals surface area contributed by atoms with Crippen LogP contribution in [-0.4, -0.2) is 33.8 Å². The lowest BCUT2D eigenvalue weighted by molar-refractivity contribution is 0.318. The van der Waals surface area contributed by atoms with Crippen LogP contribution < -0.4 is 5.73 Å². The lowest BCUT2D eigenvalue weighted by Gasteiger charge is -2.13. The van der Waals surface area contributed by atoms with E-state index >= 15 is 0 Å². The molecule has 4 nitrogen and oxygen atoms in total. The van der Waals surface area contributed by atoms with E-state index in [0.29, 0.717) is 18.0 Å². The minimum absolute atomic E-state index is 0. The fraction of sp³-hybridized carbons (Fsp3) is 0.750. The molecule has 98 valence electrons. The van der Waals surface area contributed by atoms with Gasteiger partial charge in [0.05, 0.1) is 6.20 Å². The molecule has 2 N–H and O–H groups in total. The van der Waals surface area contributed by atoms with Crippen LogP contribution in [0, 0.1) is 5.92 Å². The molecule has 0 bridgehead atoms. The van der Waals surface area contributed by atoms with Gasteiger partial charge in [-0.1, -0.05) is 6.92 Å². The lowest BCUT2D eigenvalue weighted by Crippen LogP contribution is -2.28. The summed E-state index contributed by atoms with van der Waals surface area (Å²) in [5.74, 6) is 0.611. The van der Waals surface area contributed by atoms with Crippen LogP contribution in [0.25, 0.3) is 0 Å². The molecule has 2 rings (SSSR count). The Bertz CT molecular complexity index is 340. The summed E-state index contributed by atoms with van der Waals surface area (Å²) in [5, 5.41) is 4.35. The number of hydrogen-bond acceptors (Lipinski definition) is 3. The highest BCUT2D eigenvalue weighted by Crippen LogP contribution is 2.17. The number of likely N-dealkylation sites (tertiary alicyclic amines) is 1. The Morgan fingerprint density at radius 3 is 2.65 bits per heavy atom. The van der Waals surface area contributed by atoms with Crippen LogP contribution in [0.2, 0.25) is 0 Å². The van der Waals surface area contributed by atoms with Crippen molar-refractivity contribution in [3.8, 4) is 0 Å². The second-order valence-corrected chi connectivity index (χ2v) is 5.26. The van der Waals surface area contributed by atoms with Gasteiger partial charge in [0.1, 0.15) is 0 Å². The maximum absolute atomic E-state index is 6.01. The van der Waals surface area contributed by atoms with Crippen LogP contribution in [0.5, 0.6) is 0 Å². The Labute approximate surface area is 110 Å². The summed E-state index contributed by atoms with van der Waals surface area (Å²) in [4.78, 5) is 2.41. The van der Waals surface area contributed by atoms with Gasteiger partial charge in [0.15, 0.2) is 0 Å². The van der Waals surface area contributed by atoms with Crippen molar-refractivity contribution < 1.29 is 0 Å². The Kier molecular flexibility index (Phi) is 4.98. The van der Waals surface area contributed by atoms with Crippen molar-refractivity contribution in [2.45, 2.75) is 39.4 Å². The summed E-state index contributed by atoms with van der Waals surface area (Å²) in [5.41, 5.74) is 7.30. The van der Waals surface area contributed by atoms with Crippen molar-refractivity contribution in [2.75, 3.05) is 13.1 Å². The molecule has 0 amide bonds. The number of nitrogens with zero attached hydrogens (tertiary/aromatic N) is 3. The third-order valence-corrected chi connectivity index (χ3v) is 3.34. The third-order valence-electron chi connectivity index (χ3n) is 3.34. The van der Waals surface area contributed by atoms with E-state index in [9.17, 15) is 0 Å². The Morgan fingerprint density at radius 1 is 1.47 bits per heavy atom. The first-order valence-corrected chi connectivity index (χ1v) is 6.07. The third kappa shape index (κ3) is 3.44. The highest BCUT2D eigenvalue weighted by molar-refractivity contribution is 5.85. The highest BCUT2D eigenvalue weighted by atomic mass is 35.5. The zero-order valence-corrected chi connectivity index (χ0v) is 11.7. The van der Waals surface area contributed by atoms with E-state index in [4.69, 9.17) is 5.73 Å². The van der Waals surface area contributed by atoms with E-state index in [0.717, 1.165) is 19.6 Å². The highest BCUT2D eigenvalue weighted by Gasteiger charge is 2.26. The molecule has 0 radical (unpaired) electrons. The Balaban J connectivity index is 0.00000144. The van der Waals surface area contributed by atoms with Crippen LogP contribution >= 0.6 is 12.4 Å². The molecule has 2 unspecified atom stereocenters. The predicted molar refractivity (Wildman–Crippen MR) is 72.3 cm³/mol. The van der Waals surface area contributed by atoms with E-state index in [1.807, 2.05) is 10.9 Å². The first kappa shape index (κ1) is 14.5. The van der Waals surface area contributed by atoms with Crippen LogP contribution in [0.15, 0.2) is 12.4 Å². The van der Waals surface area contributed by atoms with Gasteiger partial charge in [-0.05, 0) is 19.8 Å². The van der Waals surface area contributed by atoms with Crippen molar-refractivity contribution in [1.29, 1.82) is 0 Å². The van der Waals surface area contributed by atoms with Crippen LogP contribution in [0.4, 0.5) is 0 Å². The number of nitrogens with two attached hydrogens (primary N) is 1. The van der Waals surface area contributed by atoms with Gasteiger partial charge < -0.3 is 5.73 Å². The summed E-state index contributed by atoms with van der Waals surface area (Å²) in [6, 6.07) is 0.772. The van der Waals surface area contributed by atoms with Crippen molar-refractivity contribution >= 4 is 12.4 Å². The summed E-state index contributed by atoms with van der Waals surface area (Å²) < 4.78 is 2.01. The average Bonchev–Trinajstić information content (AvgIpc) is 2.76. The lowest BCUT2D eigenvalue weighted by atomic mass is 10.1. The van der Waals surface area contributed by atoms with E-state index in [2.05, 4.69) is 37.0 Å². The van der Waals surface area contributed by atoms with Gasteiger partial charge in [0.25, 0.3) is 0 Å². The molecule has 0 aliphatic carbocycles. The molecule has 5 heteroatoms. The SMILES string of the molecule is CC1CN(Cc2cnn(C(C)C)c2)CC1N.Cl. The normalized spacial score (nSPS) is 25.2. The molecule has 17 heavy (non-hydrogen) atoms. The molecular formula is C12H23ClN4. The molecule has 0 spiro atoms. The van der Waals surface area contributed by atoms with Crippen molar-refractivity contribution in [2.24, 2.45) is 11.7 Å². The molecule has 1 saturated heterocycles. The van der Waals surface area contributed by atoms with Crippen LogP contribution in [0.1, 0.15) is 32.4 Å². The molecule has 1 aliphatic rings. The molecule has 2 atom stereocenters. The summed E-state index contributed by atoms with van der Waals surface area (Å²) in [7, 11) is 0. The van der Waals surface area contributed by atoms with Gasteiger partial charge in [-0.3, -0.25) is 9.58 Å². The predicted octanol–water partition coefficient (Wildman–Crippen LogP) is 1.66. The van der Waals surface area contributed by atoms with Crippen LogP contribution in [0.3, 0.4) is 0 Å². The number of rotatable bonds is 3. The smallest absolute Gasteiger partial charge is 0.0534 e. The van der Waals surface area contributed by atoms with Crippen molar-refractivity contribution in [3.05, 3.63) is 18.0 Å². The fourth-order valence-corrected chi connectivity index (χ4v) is 2.22. The molecule has 1 aliphatic heterocycles. The summed E-state index contributed by atoms with van der Waals surface area (Å²) >= 11 is 0. The quantitative estimate of drug-likeness (QED) is 0.897. The number of hydrogen-bond donors (Lipinski definition) is 1. The monoisotopic (exact) mass is 258 g/mol. The molecule has 1 aromatic rings. The molecule has 0 aromatic carbocycles. The zero-order chi connectivity index (χ0) is 11.7. The van der Waals surface area contributed by atoms with Gasteiger partial charge in [-0.2, -0.15) is 5.10 Å². The molecule has 1 aromatic heterocycles. The number of halogens is 1. The summed E-state index contributed by atoms with van der Waals surface area (Å²) in [6.45, 7) is 9.60. The average molecular weight is 259 g/mol. The first-order chi connectivity index (χ1) is 7.56. The molecular weight excluding hydrogens is 236 g/mol. The molecule has 1 fully saturated rings. The number of aromatic nitrogens is 2. The largest absolute Gasteiger partial charge is 0.326 e.